The molecule has 3 heteroatoms. The van der Waals surface area contributed by atoms with Crippen molar-refractivity contribution < 1.29 is 0 Å². The zero-order chi connectivity index (χ0) is 13.4. The van der Waals surface area contributed by atoms with Crippen LogP contribution in [0.1, 0.15) is 41.0 Å². The number of aryl methyl sites for hydroxylation is 3. The Morgan fingerprint density at radius 2 is 2.21 bits per heavy atom. The minimum Gasteiger partial charge on any atom is -0.333 e. The Labute approximate surface area is 114 Å². The molecular weight excluding hydrogens is 234 g/mol. The van der Waals surface area contributed by atoms with Crippen LogP contribution >= 0.6 is 0 Å². The quantitative estimate of drug-likeness (QED) is 0.894. The third kappa shape index (κ3) is 2.08. The highest BCUT2D eigenvalue weighted by Crippen LogP contribution is 2.30. The van der Waals surface area contributed by atoms with E-state index in [9.17, 15) is 0 Å². The minimum atomic E-state index is 0.283. The highest BCUT2D eigenvalue weighted by atomic mass is 15.1. The molecule has 0 spiro atoms. The first-order chi connectivity index (χ1) is 9.20. The van der Waals surface area contributed by atoms with Crippen molar-refractivity contribution in [1.29, 1.82) is 0 Å². The Hall–Kier alpha value is -1.61. The van der Waals surface area contributed by atoms with Gasteiger partial charge in [-0.05, 0) is 31.9 Å². The highest BCUT2D eigenvalue weighted by Gasteiger charge is 2.26. The van der Waals surface area contributed by atoms with Crippen molar-refractivity contribution in [3.05, 3.63) is 52.6 Å². The summed E-state index contributed by atoms with van der Waals surface area (Å²) in [4.78, 5) is 4.58. The van der Waals surface area contributed by atoms with E-state index in [0.717, 1.165) is 19.5 Å². The first kappa shape index (κ1) is 12.4. The largest absolute Gasteiger partial charge is 0.333 e. The van der Waals surface area contributed by atoms with E-state index in [1.54, 1.807) is 0 Å². The van der Waals surface area contributed by atoms with Gasteiger partial charge in [0.15, 0.2) is 0 Å². The molecule has 0 fully saturated rings. The molecule has 2 heterocycles. The number of aromatic nitrogens is 2. The van der Waals surface area contributed by atoms with Gasteiger partial charge in [0.2, 0.25) is 0 Å². The molecule has 3 nitrogen and oxygen atoms in total. The van der Waals surface area contributed by atoms with Crippen LogP contribution in [-0.4, -0.2) is 16.1 Å². The number of nitrogens with zero attached hydrogens (tertiary/aromatic N) is 2. The third-order valence-corrected chi connectivity index (χ3v) is 4.03. The molecule has 2 aromatic rings. The number of rotatable bonds is 2. The van der Waals surface area contributed by atoms with Crippen LogP contribution in [0.2, 0.25) is 0 Å². The molecule has 0 aliphatic carbocycles. The van der Waals surface area contributed by atoms with E-state index in [1.807, 2.05) is 6.33 Å². The summed E-state index contributed by atoms with van der Waals surface area (Å²) in [6.07, 6.45) is 3.01. The summed E-state index contributed by atoms with van der Waals surface area (Å²) in [7, 11) is 0. The van der Waals surface area contributed by atoms with Crippen LogP contribution in [0.25, 0.3) is 0 Å². The van der Waals surface area contributed by atoms with Gasteiger partial charge in [-0.25, -0.2) is 4.98 Å². The number of hydrogen-bond acceptors (Lipinski definition) is 2. The summed E-state index contributed by atoms with van der Waals surface area (Å²) in [6, 6.07) is 6.98. The van der Waals surface area contributed by atoms with Gasteiger partial charge in [0, 0.05) is 19.5 Å². The Morgan fingerprint density at radius 3 is 3.00 bits per heavy atom. The van der Waals surface area contributed by atoms with Crippen LogP contribution in [0, 0.1) is 13.8 Å². The normalized spacial score (nSPS) is 18.4. The summed E-state index contributed by atoms with van der Waals surface area (Å²) in [5.74, 6) is 0. The zero-order valence-electron chi connectivity index (χ0n) is 11.9. The minimum absolute atomic E-state index is 0.283. The van der Waals surface area contributed by atoms with Gasteiger partial charge in [0.1, 0.15) is 0 Å². The van der Waals surface area contributed by atoms with Crippen molar-refractivity contribution in [3.8, 4) is 0 Å². The average molecular weight is 255 g/mol. The van der Waals surface area contributed by atoms with Crippen LogP contribution in [0.15, 0.2) is 24.5 Å². The second-order valence-corrected chi connectivity index (χ2v) is 5.36. The van der Waals surface area contributed by atoms with Gasteiger partial charge < -0.3 is 9.88 Å². The van der Waals surface area contributed by atoms with E-state index >= 15 is 0 Å². The monoisotopic (exact) mass is 255 g/mol. The Morgan fingerprint density at radius 1 is 1.37 bits per heavy atom. The molecule has 0 saturated heterocycles. The van der Waals surface area contributed by atoms with Crippen molar-refractivity contribution in [2.45, 2.75) is 39.8 Å². The summed E-state index contributed by atoms with van der Waals surface area (Å²) < 4.78 is 2.27. The standard InChI is InChI=1S/C16H21N3/c1-4-19-10-18-14-7-8-17-15(16(14)19)13-9-11(2)5-6-12(13)3/h5-6,9-10,15,17H,4,7-8H2,1-3H3. The van der Waals surface area contributed by atoms with Crippen LogP contribution in [0.4, 0.5) is 0 Å². The topological polar surface area (TPSA) is 29.9 Å². The van der Waals surface area contributed by atoms with Gasteiger partial charge in [-0.1, -0.05) is 23.8 Å². The molecule has 0 amide bonds. The van der Waals surface area contributed by atoms with Gasteiger partial charge in [0.25, 0.3) is 0 Å². The first-order valence-corrected chi connectivity index (χ1v) is 7.05. The smallest absolute Gasteiger partial charge is 0.0952 e. The molecule has 1 N–H and O–H groups in total. The first-order valence-electron chi connectivity index (χ1n) is 7.05. The molecule has 19 heavy (non-hydrogen) atoms. The van der Waals surface area contributed by atoms with E-state index in [4.69, 9.17) is 0 Å². The summed E-state index contributed by atoms with van der Waals surface area (Å²) in [5, 5.41) is 3.66. The molecule has 0 bridgehead atoms. The van der Waals surface area contributed by atoms with Gasteiger partial charge in [-0.15, -0.1) is 0 Å². The average Bonchev–Trinajstić information content (AvgIpc) is 2.84. The molecule has 1 aromatic heterocycles. The lowest BCUT2D eigenvalue weighted by molar-refractivity contribution is 0.522. The second kappa shape index (κ2) is 4.82. The van der Waals surface area contributed by atoms with Gasteiger partial charge in [-0.3, -0.25) is 0 Å². The van der Waals surface area contributed by atoms with Crippen LogP contribution in [-0.2, 0) is 13.0 Å². The maximum absolute atomic E-state index is 4.58. The number of fused-ring (bicyclic) bond motifs is 1. The van der Waals surface area contributed by atoms with Crippen molar-refractivity contribution in [2.24, 2.45) is 0 Å². The maximum atomic E-state index is 4.58. The number of nitrogens with one attached hydrogen (secondary N) is 1. The lowest BCUT2D eigenvalue weighted by Gasteiger charge is -2.27. The summed E-state index contributed by atoms with van der Waals surface area (Å²) >= 11 is 0. The molecule has 1 atom stereocenters. The Kier molecular flexibility index (Phi) is 3.15. The molecule has 3 rings (SSSR count). The van der Waals surface area contributed by atoms with Crippen LogP contribution in [0.5, 0.6) is 0 Å². The molecule has 1 aromatic carbocycles. The number of hydrogen-bond donors (Lipinski definition) is 1. The van der Waals surface area contributed by atoms with Gasteiger partial charge >= 0.3 is 0 Å². The summed E-state index contributed by atoms with van der Waals surface area (Å²) in [6.45, 7) is 8.51. The highest BCUT2D eigenvalue weighted by molar-refractivity contribution is 5.40. The molecule has 0 saturated carbocycles. The fourth-order valence-electron chi connectivity index (χ4n) is 2.97. The van der Waals surface area contributed by atoms with E-state index < -0.39 is 0 Å². The molecule has 0 radical (unpaired) electrons. The lowest BCUT2D eigenvalue weighted by Crippen LogP contribution is -2.32. The van der Waals surface area contributed by atoms with Crippen LogP contribution in [0.3, 0.4) is 0 Å². The fraction of sp³-hybridized carbons (Fsp3) is 0.438. The third-order valence-electron chi connectivity index (χ3n) is 4.03. The van der Waals surface area contributed by atoms with Crippen molar-refractivity contribution in [1.82, 2.24) is 14.9 Å². The van der Waals surface area contributed by atoms with Crippen LogP contribution < -0.4 is 5.32 Å². The SMILES string of the molecule is CCn1cnc2c1C(c1cc(C)ccc1C)NCC2. The molecule has 1 unspecified atom stereocenters. The Balaban J connectivity index is 2.12. The van der Waals surface area contributed by atoms with Gasteiger partial charge in [0.05, 0.1) is 23.8 Å². The number of imidazole rings is 1. The van der Waals surface area contributed by atoms with Crippen molar-refractivity contribution in [3.63, 3.8) is 0 Å². The molecule has 1 aliphatic rings. The van der Waals surface area contributed by atoms with Gasteiger partial charge in [-0.2, -0.15) is 0 Å². The lowest BCUT2D eigenvalue weighted by atomic mass is 9.93. The predicted octanol–water partition coefficient (Wildman–Crippen LogP) is 2.75. The van der Waals surface area contributed by atoms with E-state index in [0.29, 0.717) is 0 Å². The van der Waals surface area contributed by atoms with E-state index in [2.05, 4.69) is 53.8 Å². The zero-order valence-corrected chi connectivity index (χ0v) is 11.9. The predicted molar refractivity (Wildman–Crippen MR) is 77.4 cm³/mol. The van der Waals surface area contributed by atoms with Crippen molar-refractivity contribution in [2.75, 3.05) is 6.54 Å². The van der Waals surface area contributed by atoms with E-state index in [1.165, 1.54) is 28.1 Å². The second-order valence-electron chi connectivity index (χ2n) is 5.36. The van der Waals surface area contributed by atoms with E-state index in [-0.39, 0.29) is 6.04 Å². The fourth-order valence-corrected chi connectivity index (χ4v) is 2.97. The summed E-state index contributed by atoms with van der Waals surface area (Å²) in [5.41, 5.74) is 6.65. The Bertz CT molecular complexity index is 585. The van der Waals surface area contributed by atoms with Crippen molar-refractivity contribution >= 4 is 0 Å². The number of benzene rings is 1. The molecule has 100 valence electrons. The molecule has 1 aliphatic heterocycles. The molecular formula is C16H21N3. The maximum Gasteiger partial charge on any atom is 0.0952 e.